The first kappa shape index (κ1) is 19.8. The molecule has 2 rings (SSSR count). The second-order valence-corrected chi connectivity index (χ2v) is 8.76. The Morgan fingerprint density at radius 3 is 2.68 bits per heavy atom. The zero-order valence-corrected chi connectivity index (χ0v) is 16.1. The van der Waals surface area contributed by atoms with Crippen molar-refractivity contribution >= 4 is 16.1 Å². The number of aliphatic hydroxyl groups excluding tert-OH is 1. The first-order valence-electron chi connectivity index (χ1n) is 8.23. The average Bonchev–Trinajstić information content (AvgIpc) is 2.90. The molecular formula is C15H27N5O4S. The van der Waals surface area contributed by atoms with Crippen LogP contribution in [0.1, 0.15) is 44.5 Å². The quantitative estimate of drug-likeness (QED) is 0.654. The Morgan fingerprint density at radius 1 is 1.52 bits per heavy atom. The number of rotatable bonds is 5. The molecule has 0 radical (unpaired) electrons. The van der Waals surface area contributed by atoms with E-state index in [-0.39, 0.29) is 13.0 Å². The predicted octanol–water partition coefficient (Wildman–Crippen LogP) is -0.322. The Labute approximate surface area is 148 Å². The van der Waals surface area contributed by atoms with Gasteiger partial charge in [0.25, 0.3) is 10.2 Å². The number of likely N-dealkylation sites (N-methyl/N-ethyl adjacent to an activating group) is 1. The molecule has 1 saturated heterocycles. The summed E-state index contributed by atoms with van der Waals surface area (Å²) in [5.41, 5.74) is 0.664. The molecule has 1 aliphatic heterocycles. The highest BCUT2D eigenvalue weighted by Gasteiger charge is 2.42. The molecule has 0 saturated carbocycles. The summed E-state index contributed by atoms with van der Waals surface area (Å²) in [7, 11) is -2.43. The van der Waals surface area contributed by atoms with Gasteiger partial charge in [-0.2, -0.15) is 22.5 Å². The van der Waals surface area contributed by atoms with E-state index in [0.717, 1.165) is 15.6 Å². The molecule has 142 valence electrons. The molecule has 1 aliphatic rings. The molecule has 0 aliphatic carbocycles. The van der Waals surface area contributed by atoms with Crippen LogP contribution in [0.5, 0.6) is 0 Å². The minimum atomic E-state index is -3.81. The number of hydrogen-bond donors (Lipinski definition) is 3. The van der Waals surface area contributed by atoms with Crippen molar-refractivity contribution in [1.82, 2.24) is 24.1 Å². The van der Waals surface area contributed by atoms with Gasteiger partial charge in [0.2, 0.25) is 5.91 Å². The molecule has 0 aromatic carbocycles. The number of nitrogens with zero attached hydrogens (tertiary/aromatic N) is 3. The minimum absolute atomic E-state index is 0.244. The molecular weight excluding hydrogens is 346 g/mol. The summed E-state index contributed by atoms with van der Waals surface area (Å²) >= 11 is 0. The van der Waals surface area contributed by atoms with Gasteiger partial charge in [0.05, 0.1) is 23.9 Å². The van der Waals surface area contributed by atoms with Gasteiger partial charge in [-0.3, -0.25) is 9.48 Å². The van der Waals surface area contributed by atoms with Crippen molar-refractivity contribution < 1.29 is 18.3 Å². The summed E-state index contributed by atoms with van der Waals surface area (Å²) in [6, 6.07) is -1.40. The van der Waals surface area contributed by atoms with E-state index < -0.39 is 33.7 Å². The highest BCUT2D eigenvalue weighted by Crippen LogP contribution is 2.29. The van der Waals surface area contributed by atoms with E-state index in [9.17, 15) is 18.3 Å². The Kier molecular flexibility index (Phi) is 5.57. The maximum Gasteiger partial charge on any atom is 0.280 e. The molecule has 1 aromatic rings. The maximum atomic E-state index is 12.6. The van der Waals surface area contributed by atoms with Crippen LogP contribution >= 0.6 is 0 Å². The van der Waals surface area contributed by atoms with Gasteiger partial charge in [0, 0.05) is 25.4 Å². The lowest BCUT2D eigenvalue weighted by molar-refractivity contribution is -0.127. The molecule has 10 heteroatoms. The molecule has 1 aromatic heterocycles. The smallest absolute Gasteiger partial charge is 0.280 e. The number of carbonyl (C=O) groups is 1. The van der Waals surface area contributed by atoms with Crippen LogP contribution in [0.4, 0.5) is 0 Å². The fourth-order valence-corrected chi connectivity index (χ4v) is 4.07. The normalized spacial score (nSPS) is 24.2. The van der Waals surface area contributed by atoms with E-state index >= 15 is 0 Å². The largest absolute Gasteiger partial charge is 0.394 e. The van der Waals surface area contributed by atoms with E-state index in [4.69, 9.17) is 0 Å². The highest BCUT2D eigenvalue weighted by atomic mass is 32.2. The van der Waals surface area contributed by atoms with Gasteiger partial charge in [0.1, 0.15) is 6.04 Å². The SMILES string of the molecule is CCn1cc([C@H]2C[C@@H](C(=O)NC(C)(C)CO)N(C)S(=O)(=O)N2)c(C)n1. The molecule has 1 amide bonds. The first-order chi connectivity index (χ1) is 11.5. The Bertz CT molecular complexity index is 743. The zero-order valence-electron chi connectivity index (χ0n) is 15.3. The van der Waals surface area contributed by atoms with Crippen molar-refractivity contribution in [2.75, 3.05) is 13.7 Å². The van der Waals surface area contributed by atoms with Crippen LogP contribution in [0.15, 0.2) is 6.20 Å². The van der Waals surface area contributed by atoms with Gasteiger partial charge in [0.15, 0.2) is 0 Å². The number of hydrogen-bond acceptors (Lipinski definition) is 5. The number of aryl methyl sites for hydroxylation is 2. The van der Waals surface area contributed by atoms with Crippen molar-refractivity contribution in [3.63, 3.8) is 0 Å². The number of nitrogens with one attached hydrogen (secondary N) is 2. The monoisotopic (exact) mass is 373 g/mol. The van der Waals surface area contributed by atoms with E-state index in [0.29, 0.717) is 6.54 Å². The minimum Gasteiger partial charge on any atom is -0.394 e. The number of aliphatic hydroxyl groups is 1. The van der Waals surface area contributed by atoms with Gasteiger partial charge in [-0.05, 0) is 34.1 Å². The first-order valence-corrected chi connectivity index (χ1v) is 9.67. The molecule has 0 unspecified atom stereocenters. The summed E-state index contributed by atoms with van der Waals surface area (Å²) in [5.74, 6) is -0.433. The lowest BCUT2D eigenvalue weighted by atomic mass is 9.99. The Morgan fingerprint density at radius 2 is 2.16 bits per heavy atom. The third kappa shape index (κ3) is 4.20. The van der Waals surface area contributed by atoms with Crippen molar-refractivity contribution in [3.05, 3.63) is 17.5 Å². The van der Waals surface area contributed by atoms with Crippen LogP contribution in [-0.2, 0) is 21.5 Å². The topological polar surface area (TPSA) is 117 Å². The van der Waals surface area contributed by atoms with Crippen LogP contribution in [0.2, 0.25) is 0 Å². The maximum absolute atomic E-state index is 12.6. The van der Waals surface area contributed by atoms with E-state index in [2.05, 4.69) is 15.1 Å². The number of amides is 1. The second kappa shape index (κ2) is 7.02. The average molecular weight is 373 g/mol. The molecule has 1 fully saturated rings. The molecule has 2 atom stereocenters. The van der Waals surface area contributed by atoms with Crippen LogP contribution in [0.3, 0.4) is 0 Å². The molecule has 2 heterocycles. The molecule has 9 nitrogen and oxygen atoms in total. The highest BCUT2D eigenvalue weighted by molar-refractivity contribution is 7.87. The summed E-state index contributed by atoms with van der Waals surface area (Å²) in [4.78, 5) is 12.6. The zero-order chi connectivity index (χ0) is 19.0. The van der Waals surface area contributed by atoms with Gasteiger partial charge in [-0.1, -0.05) is 0 Å². The van der Waals surface area contributed by atoms with Gasteiger partial charge >= 0.3 is 0 Å². The molecule has 3 N–H and O–H groups in total. The van der Waals surface area contributed by atoms with Gasteiger partial charge in [-0.15, -0.1) is 0 Å². The molecule has 0 bridgehead atoms. The standard InChI is InChI=1S/C15H27N5O4S/c1-6-20-8-11(10(2)17-20)12-7-13(19(5)25(23,24)18-12)14(22)16-15(3,4)9-21/h8,12-13,18,21H,6-7,9H2,1-5H3,(H,16,22)/t12-,13+/m1/s1. The Balaban J connectivity index is 2.31. The summed E-state index contributed by atoms with van der Waals surface area (Å²) in [5, 5.41) is 16.4. The Hall–Kier alpha value is -1.49. The van der Waals surface area contributed by atoms with Crippen LogP contribution in [0.25, 0.3) is 0 Å². The summed E-state index contributed by atoms with van der Waals surface area (Å²) in [6.45, 7) is 7.54. The van der Waals surface area contributed by atoms with Crippen molar-refractivity contribution in [1.29, 1.82) is 0 Å². The summed E-state index contributed by atoms with van der Waals surface area (Å²) < 4.78 is 30.3. The molecule has 25 heavy (non-hydrogen) atoms. The van der Waals surface area contributed by atoms with E-state index in [1.165, 1.54) is 7.05 Å². The van der Waals surface area contributed by atoms with Crippen molar-refractivity contribution in [3.8, 4) is 0 Å². The third-order valence-electron chi connectivity index (χ3n) is 4.41. The fourth-order valence-electron chi connectivity index (χ4n) is 2.81. The van der Waals surface area contributed by atoms with Crippen LogP contribution in [-0.4, -0.2) is 58.8 Å². The van der Waals surface area contributed by atoms with Crippen molar-refractivity contribution in [2.24, 2.45) is 0 Å². The fraction of sp³-hybridized carbons (Fsp3) is 0.733. The lowest BCUT2D eigenvalue weighted by Gasteiger charge is -2.37. The van der Waals surface area contributed by atoms with Gasteiger partial charge in [-0.25, -0.2) is 0 Å². The molecule has 0 spiro atoms. The lowest BCUT2D eigenvalue weighted by Crippen LogP contribution is -2.60. The van der Waals surface area contributed by atoms with Crippen LogP contribution < -0.4 is 10.0 Å². The van der Waals surface area contributed by atoms with Crippen molar-refractivity contribution in [2.45, 2.75) is 58.3 Å². The number of carbonyl (C=O) groups excluding carboxylic acids is 1. The number of aromatic nitrogens is 2. The van der Waals surface area contributed by atoms with Gasteiger partial charge < -0.3 is 10.4 Å². The second-order valence-electron chi connectivity index (χ2n) is 7.00. The van der Waals surface area contributed by atoms with Crippen LogP contribution in [0, 0.1) is 6.92 Å². The third-order valence-corrected chi connectivity index (χ3v) is 6.01. The summed E-state index contributed by atoms with van der Waals surface area (Å²) in [6.07, 6.45) is 2.08. The predicted molar refractivity (Wildman–Crippen MR) is 92.9 cm³/mol. The van der Waals surface area contributed by atoms with E-state index in [1.807, 2.05) is 13.8 Å². The van der Waals surface area contributed by atoms with E-state index in [1.54, 1.807) is 24.7 Å².